The highest BCUT2D eigenvalue weighted by atomic mass is 16.3. The number of carbonyl (C=O) groups is 1. The lowest BCUT2D eigenvalue weighted by molar-refractivity contribution is 0.0910. The summed E-state index contributed by atoms with van der Waals surface area (Å²) in [5.41, 5.74) is 5.58. The van der Waals surface area contributed by atoms with Gasteiger partial charge in [-0.2, -0.15) is 0 Å². The summed E-state index contributed by atoms with van der Waals surface area (Å²) >= 11 is 0. The molecule has 16 heavy (non-hydrogen) atoms. The Morgan fingerprint density at radius 1 is 1.50 bits per heavy atom. The first-order valence-electron chi connectivity index (χ1n) is 5.26. The van der Waals surface area contributed by atoms with Crippen LogP contribution in [0.4, 0.5) is 0 Å². The average Bonchev–Trinajstić information content (AvgIpc) is 2.16. The molecular formula is C12H18N2O2. The minimum atomic E-state index is -0.336. The predicted molar refractivity (Wildman–Crippen MR) is 63.3 cm³/mol. The average molecular weight is 222 g/mol. The predicted octanol–water partition coefficient (Wildman–Crippen LogP) is 1.25. The van der Waals surface area contributed by atoms with Crippen LogP contribution in [0.25, 0.3) is 0 Å². The molecule has 0 unspecified atom stereocenters. The zero-order chi connectivity index (χ0) is 12.2. The van der Waals surface area contributed by atoms with E-state index in [0.717, 1.165) is 0 Å². The molecule has 0 radical (unpaired) electrons. The van der Waals surface area contributed by atoms with Crippen LogP contribution in [0.15, 0.2) is 24.3 Å². The zero-order valence-electron chi connectivity index (χ0n) is 9.66. The number of aromatic hydroxyl groups is 1. The summed E-state index contributed by atoms with van der Waals surface area (Å²) in [6.45, 7) is 4.36. The summed E-state index contributed by atoms with van der Waals surface area (Å²) in [6, 6.07) is 6.27. The minimum absolute atomic E-state index is 0.0873. The fourth-order valence-corrected chi connectivity index (χ4v) is 1.45. The molecule has 1 aromatic carbocycles. The monoisotopic (exact) mass is 222 g/mol. The maximum atomic E-state index is 11.8. The fraction of sp³-hybridized carbons (Fsp3) is 0.417. The second-order valence-electron chi connectivity index (χ2n) is 4.43. The summed E-state index contributed by atoms with van der Waals surface area (Å²) in [5, 5.41) is 12.1. The lowest BCUT2D eigenvalue weighted by atomic mass is 10.00. The van der Waals surface area contributed by atoms with E-state index in [1.807, 2.05) is 13.8 Å². The number of benzene rings is 1. The number of nitrogens with two attached hydrogens (primary N) is 1. The molecule has 0 spiro atoms. The number of carbonyl (C=O) groups excluding carboxylic acids is 1. The largest absolute Gasteiger partial charge is 0.508 e. The molecule has 88 valence electrons. The van der Waals surface area contributed by atoms with Crippen LogP contribution in [0.3, 0.4) is 0 Å². The Morgan fingerprint density at radius 2 is 2.19 bits per heavy atom. The molecule has 0 heterocycles. The Hall–Kier alpha value is -1.55. The zero-order valence-corrected chi connectivity index (χ0v) is 9.66. The highest BCUT2D eigenvalue weighted by molar-refractivity contribution is 5.95. The molecule has 0 saturated heterocycles. The van der Waals surface area contributed by atoms with Crippen molar-refractivity contribution < 1.29 is 9.90 Å². The third-order valence-electron chi connectivity index (χ3n) is 2.33. The maximum Gasteiger partial charge on any atom is 0.251 e. The fourth-order valence-electron chi connectivity index (χ4n) is 1.45. The lowest BCUT2D eigenvalue weighted by Crippen LogP contribution is -2.44. The van der Waals surface area contributed by atoms with Gasteiger partial charge in [-0.05, 0) is 45.0 Å². The first-order valence-corrected chi connectivity index (χ1v) is 5.26. The van der Waals surface area contributed by atoms with Gasteiger partial charge in [0, 0.05) is 11.1 Å². The van der Waals surface area contributed by atoms with Crippen LogP contribution in [-0.2, 0) is 0 Å². The van der Waals surface area contributed by atoms with Gasteiger partial charge in [0.15, 0.2) is 0 Å². The van der Waals surface area contributed by atoms with Gasteiger partial charge in [-0.25, -0.2) is 0 Å². The van der Waals surface area contributed by atoms with Gasteiger partial charge in [0.25, 0.3) is 5.91 Å². The van der Waals surface area contributed by atoms with E-state index in [-0.39, 0.29) is 17.2 Å². The second kappa shape index (κ2) is 4.99. The molecule has 0 aliphatic heterocycles. The van der Waals surface area contributed by atoms with Crippen LogP contribution in [0, 0.1) is 0 Å². The third-order valence-corrected chi connectivity index (χ3v) is 2.33. The Balaban J connectivity index is 2.72. The highest BCUT2D eigenvalue weighted by Gasteiger charge is 2.20. The summed E-state index contributed by atoms with van der Waals surface area (Å²) in [4.78, 5) is 11.8. The molecule has 4 nitrogen and oxygen atoms in total. The molecule has 0 aliphatic rings. The minimum Gasteiger partial charge on any atom is -0.508 e. The molecular weight excluding hydrogens is 204 g/mol. The molecule has 1 aromatic rings. The lowest BCUT2D eigenvalue weighted by Gasteiger charge is -2.25. The molecule has 1 rings (SSSR count). The van der Waals surface area contributed by atoms with Crippen molar-refractivity contribution in [3.05, 3.63) is 29.8 Å². The Morgan fingerprint density at radius 3 is 2.75 bits per heavy atom. The second-order valence-corrected chi connectivity index (χ2v) is 4.43. The van der Waals surface area contributed by atoms with Crippen molar-refractivity contribution in [3.63, 3.8) is 0 Å². The van der Waals surface area contributed by atoms with Crippen molar-refractivity contribution in [3.8, 4) is 5.75 Å². The van der Waals surface area contributed by atoms with Crippen LogP contribution in [0.5, 0.6) is 5.75 Å². The van der Waals surface area contributed by atoms with Crippen molar-refractivity contribution in [1.82, 2.24) is 5.32 Å². The molecule has 0 fully saturated rings. The summed E-state index contributed by atoms with van der Waals surface area (Å²) < 4.78 is 0. The summed E-state index contributed by atoms with van der Waals surface area (Å²) in [6.07, 6.45) is 0.706. The Labute approximate surface area is 95.5 Å². The molecule has 0 aliphatic carbocycles. The van der Waals surface area contributed by atoms with E-state index in [1.165, 1.54) is 12.1 Å². The molecule has 1 amide bonds. The van der Waals surface area contributed by atoms with E-state index in [0.29, 0.717) is 18.5 Å². The normalized spacial score (nSPS) is 11.2. The maximum absolute atomic E-state index is 11.8. The van der Waals surface area contributed by atoms with Gasteiger partial charge in [0.1, 0.15) is 5.75 Å². The van der Waals surface area contributed by atoms with E-state index < -0.39 is 0 Å². The Bertz CT molecular complexity index is 375. The van der Waals surface area contributed by atoms with Crippen LogP contribution in [-0.4, -0.2) is 23.1 Å². The van der Waals surface area contributed by atoms with Crippen LogP contribution >= 0.6 is 0 Å². The number of hydrogen-bond donors (Lipinski definition) is 3. The summed E-state index contributed by atoms with van der Waals surface area (Å²) in [5.74, 6) is -0.112. The van der Waals surface area contributed by atoms with E-state index >= 15 is 0 Å². The van der Waals surface area contributed by atoms with E-state index in [9.17, 15) is 9.90 Å². The standard InChI is InChI=1S/C12H18N2O2/c1-12(2,6-7-13)14-11(16)9-4-3-5-10(15)8-9/h3-5,8,15H,6-7,13H2,1-2H3,(H,14,16). The van der Waals surface area contributed by atoms with Gasteiger partial charge in [0.2, 0.25) is 0 Å². The first-order chi connectivity index (χ1) is 7.44. The van der Waals surface area contributed by atoms with Gasteiger partial charge in [-0.1, -0.05) is 6.07 Å². The molecule has 4 N–H and O–H groups in total. The van der Waals surface area contributed by atoms with Gasteiger partial charge >= 0.3 is 0 Å². The quantitative estimate of drug-likeness (QED) is 0.717. The van der Waals surface area contributed by atoms with E-state index in [2.05, 4.69) is 5.32 Å². The van der Waals surface area contributed by atoms with Crippen LogP contribution in [0.2, 0.25) is 0 Å². The van der Waals surface area contributed by atoms with Gasteiger partial charge in [0.05, 0.1) is 0 Å². The summed E-state index contributed by atoms with van der Waals surface area (Å²) in [7, 11) is 0. The molecule has 4 heteroatoms. The van der Waals surface area contributed by atoms with Crippen molar-refractivity contribution in [2.24, 2.45) is 5.73 Å². The number of nitrogens with one attached hydrogen (secondary N) is 1. The SMILES string of the molecule is CC(C)(CCN)NC(=O)c1cccc(O)c1. The third kappa shape index (κ3) is 3.55. The van der Waals surface area contributed by atoms with Crippen molar-refractivity contribution in [2.75, 3.05) is 6.54 Å². The number of rotatable bonds is 4. The van der Waals surface area contributed by atoms with Crippen molar-refractivity contribution >= 4 is 5.91 Å². The Kier molecular flexibility index (Phi) is 3.90. The van der Waals surface area contributed by atoms with Crippen molar-refractivity contribution in [2.45, 2.75) is 25.8 Å². The first kappa shape index (κ1) is 12.5. The van der Waals surface area contributed by atoms with E-state index in [4.69, 9.17) is 5.73 Å². The number of phenols is 1. The van der Waals surface area contributed by atoms with Gasteiger partial charge in [-0.3, -0.25) is 4.79 Å². The molecule has 0 atom stereocenters. The number of hydrogen-bond acceptors (Lipinski definition) is 3. The van der Waals surface area contributed by atoms with E-state index in [1.54, 1.807) is 12.1 Å². The van der Waals surface area contributed by atoms with Crippen molar-refractivity contribution in [1.29, 1.82) is 0 Å². The smallest absolute Gasteiger partial charge is 0.251 e. The van der Waals surface area contributed by atoms with Gasteiger partial charge < -0.3 is 16.2 Å². The number of phenolic OH excluding ortho intramolecular Hbond substituents is 1. The van der Waals surface area contributed by atoms with Crippen LogP contribution in [0.1, 0.15) is 30.6 Å². The topological polar surface area (TPSA) is 75.3 Å². The number of amides is 1. The molecule has 0 saturated carbocycles. The van der Waals surface area contributed by atoms with Gasteiger partial charge in [-0.15, -0.1) is 0 Å². The van der Waals surface area contributed by atoms with Crippen LogP contribution < -0.4 is 11.1 Å². The highest BCUT2D eigenvalue weighted by Crippen LogP contribution is 2.13. The molecule has 0 bridgehead atoms. The molecule has 0 aromatic heterocycles.